The fourth-order valence-electron chi connectivity index (χ4n) is 2.60. The van der Waals surface area contributed by atoms with Crippen molar-refractivity contribution in [2.75, 3.05) is 59.0 Å². The number of ether oxygens (including phenoxy) is 1. The predicted octanol–water partition coefficient (Wildman–Crippen LogP) is 1.42. The molecule has 0 aromatic carbocycles. The van der Waals surface area contributed by atoms with Crippen molar-refractivity contribution in [3.63, 3.8) is 0 Å². The number of likely N-dealkylation sites (N-methyl/N-ethyl adjacent to an activating group) is 1. The van der Waals surface area contributed by atoms with E-state index in [2.05, 4.69) is 35.9 Å². The van der Waals surface area contributed by atoms with Crippen LogP contribution in [0.4, 0.5) is 0 Å². The fourth-order valence-corrected chi connectivity index (χ4v) is 2.60. The highest BCUT2D eigenvalue weighted by atomic mass is 16.5. The van der Waals surface area contributed by atoms with Crippen LogP contribution in [0.15, 0.2) is 0 Å². The maximum atomic E-state index is 5.53. The summed E-state index contributed by atoms with van der Waals surface area (Å²) >= 11 is 0. The van der Waals surface area contributed by atoms with Crippen LogP contribution in [0.1, 0.15) is 33.6 Å². The van der Waals surface area contributed by atoms with Crippen molar-refractivity contribution >= 4 is 0 Å². The quantitative estimate of drug-likeness (QED) is 0.608. The molecule has 0 spiro atoms. The number of unbranched alkanes of at least 4 members (excludes halogenated alkanes) is 1. The van der Waals surface area contributed by atoms with Crippen LogP contribution in [-0.2, 0) is 4.74 Å². The second kappa shape index (κ2) is 10.6. The van der Waals surface area contributed by atoms with Gasteiger partial charge < -0.3 is 10.1 Å². The molecule has 0 aromatic rings. The summed E-state index contributed by atoms with van der Waals surface area (Å²) in [6, 6.07) is 0.705. The zero-order chi connectivity index (χ0) is 13.9. The van der Waals surface area contributed by atoms with E-state index in [1.807, 2.05) is 0 Å². The van der Waals surface area contributed by atoms with Crippen molar-refractivity contribution in [3.8, 4) is 0 Å². The molecule has 114 valence electrons. The van der Waals surface area contributed by atoms with E-state index in [4.69, 9.17) is 4.74 Å². The number of hydrogen-bond acceptors (Lipinski definition) is 4. The SMILES string of the molecule is CCCCOCCNCCN1CCN(CC)C(C)C1. The molecule has 1 unspecified atom stereocenters. The molecule has 1 saturated heterocycles. The molecular weight excluding hydrogens is 238 g/mol. The van der Waals surface area contributed by atoms with Gasteiger partial charge in [0.2, 0.25) is 0 Å². The van der Waals surface area contributed by atoms with Gasteiger partial charge in [-0.2, -0.15) is 0 Å². The fraction of sp³-hybridized carbons (Fsp3) is 1.00. The molecule has 0 aliphatic carbocycles. The van der Waals surface area contributed by atoms with Crippen LogP contribution in [0.3, 0.4) is 0 Å². The van der Waals surface area contributed by atoms with Crippen molar-refractivity contribution in [1.29, 1.82) is 0 Å². The van der Waals surface area contributed by atoms with Crippen molar-refractivity contribution in [3.05, 3.63) is 0 Å². The molecule has 1 rings (SSSR count). The van der Waals surface area contributed by atoms with Crippen LogP contribution in [0.2, 0.25) is 0 Å². The Hall–Kier alpha value is -0.160. The molecule has 1 atom stereocenters. The monoisotopic (exact) mass is 271 g/mol. The molecule has 0 saturated carbocycles. The molecule has 1 aliphatic heterocycles. The van der Waals surface area contributed by atoms with Gasteiger partial charge in [-0.1, -0.05) is 20.3 Å². The second-order valence-corrected chi connectivity index (χ2v) is 5.49. The van der Waals surface area contributed by atoms with Gasteiger partial charge in [-0.15, -0.1) is 0 Å². The van der Waals surface area contributed by atoms with Crippen molar-refractivity contribution in [2.45, 2.75) is 39.7 Å². The van der Waals surface area contributed by atoms with Gasteiger partial charge in [0.05, 0.1) is 6.61 Å². The first-order valence-corrected chi connectivity index (χ1v) is 8.02. The summed E-state index contributed by atoms with van der Waals surface area (Å²) in [7, 11) is 0. The molecule has 4 nitrogen and oxygen atoms in total. The van der Waals surface area contributed by atoms with Crippen LogP contribution >= 0.6 is 0 Å². The third-order valence-corrected chi connectivity index (χ3v) is 3.93. The van der Waals surface area contributed by atoms with E-state index in [0.717, 1.165) is 32.8 Å². The van der Waals surface area contributed by atoms with Crippen LogP contribution < -0.4 is 5.32 Å². The molecule has 1 aliphatic rings. The Morgan fingerprint density at radius 1 is 1.16 bits per heavy atom. The lowest BCUT2D eigenvalue weighted by atomic mass is 10.2. The first-order chi connectivity index (χ1) is 9.27. The molecule has 0 radical (unpaired) electrons. The second-order valence-electron chi connectivity index (χ2n) is 5.49. The Morgan fingerprint density at radius 2 is 2.00 bits per heavy atom. The van der Waals surface area contributed by atoms with Gasteiger partial charge in [-0.25, -0.2) is 0 Å². The minimum Gasteiger partial charge on any atom is -0.380 e. The van der Waals surface area contributed by atoms with E-state index in [0.29, 0.717) is 6.04 Å². The van der Waals surface area contributed by atoms with Gasteiger partial charge >= 0.3 is 0 Å². The summed E-state index contributed by atoms with van der Waals surface area (Å²) in [5, 5.41) is 3.47. The number of nitrogens with zero attached hydrogens (tertiary/aromatic N) is 2. The third kappa shape index (κ3) is 7.25. The Balaban J connectivity index is 1.93. The highest BCUT2D eigenvalue weighted by Crippen LogP contribution is 2.07. The van der Waals surface area contributed by atoms with Gasteiger partial charge in [-0.3, -0.25) is 9.80 Å². The third-order valence-electron chi connectivity index (χ3n) is 3.93. The minimum atomic E-state index is 0.705. The molecule has 0 aromatic heterocycles. The Kier molecular flexibility index (Phi) is 9.43. The molecule has 1 fully saturated rings. The van der Waals surface area contributed by atoms with Crippen LogP contribution in [0.5, 0.6) is 0 Å². The van der Waals surface area contributed by atoms with E-state index >= 15 is 0 Å². The maximum absolute atomic E-state index is 5.53. The number of rotatable bonds is 10. The lowest BCUT2D eigenvalue weighted by molar-refractivity contribution is 0.0875. The highest BCUT2D eigenvalue weighted by molar-refractivity contribution is 4.78. The van der Waals surface area contributed by atoms with Gasteiger partial charge in [0, 0.05) is 51.9 Å². The van der Waals surface area contributed by atoms with Gasteiger partial charge in [0.15, 0.2) is 0 Å². The van der Waals surface area contributed by atoms with Crippen LogP contribution in [-0.4, -0.2) is 74.9 Å². The van der Waals surface area contributed by atoms with Gasteiger partial charge in [-0.05, 0) is 19.9 Å². The molecule has 4 heteroatoms. The van der Waals surface area contributed by atoms with Crippen molar-refractivity contribution in [2.24, 2.45) is 0 Å². The molecular formula is C15H33N3O. The highest BCUT2D eigenvalue weighted by Gasteiger charge is 2.21. The van der Waals surface area contributed by atoms with E-state index in [-0.39, 0.29) is 0 Å². The van der Waals surface area contributed by atoms with E-state index in [1.54, 1.807) is 0 Å². The topological polar surface area (TPSA) is 27.7 Å². The van der Waals surface area contributed by atoms with Gasteiger partial charge in [0.1, 0.15) is 0 Å². The lowest BCUT2D eigenvalue weighted by Crippen LogP contribution is -2.52. The van der Waals surface area contributed by atoms with Gasteiger partial charge in [0.25, 0.3) is 0 Å². The Labute approximate surface area is 119 Å². The number of piperazine rings is 1. The first kappa shape index (κ1) is 16.9. The predicted molar refractivity (Wildman–Crippen MR) is 81.7 cm³/mol. The average Bonchev–Trinajstić information content (AvgIpc) is 2.42. The zero-order valence-electron chi connectivity index (χ0n) is 13.2. The summed E-state index contributed by atoms with van der Waals surface area (Å²) < 4.78 is 5.53. The molecule has 0 amide bonds. The standard InChI is InChI=1S/C15H33N3O/c1-4-6-12-19-13-8-16-7-9-17-10-11-18(5-2)15(3)14-17/h15-16H,4-14H2,1-3H3. The first-order valence-electron chi connectivity index (χ1n) is 8.02. The summed E-state index contributed by atoms with van der Waals surface area (Å²) in [6.45, 7) is 16.6. The maximum Gasteiger partial charge on any atom is 0.0590 e. The zero-order valence-corrected chi connectivity index (χ0v) is 13.2. The Morgan fingerprint density at radius 3 is 2.68 bits per heavy atom. The minimum absolute atomic E-state index is 0.705. The molecule has 19 heavy (non-hydrogen) atoms. The molecule has 1 heterocycles. The Bertz CT molecular complexity index is 214. The number of nitrogens with one attached hydrogen (secondary N) is 1. The van der Waals surface area contributed by atoms with Crippen molar-refractivity contribution < 1.29 is 4.74 Å². The van der Waals surface area contributed by atoms with Crippen LogP contribution in [0, 0.1) is 0 Å². The van der Waals surface area contributed by atoms with Crippen molar-refractivity contribution in [1.82, 2.24) is 15.1 Å². The summed E-state index contributed by atoms with van der Waals surface area (Å²) in [5.41, 5.74) is 0. The lowest BCUT2D eigenvalue weighted by Gasteiger charge is -2.39. The average molecular weight is 271 g/mol. The number of hydrogen-bond donors (Lipinski definition) is 1. The van der Waals surface area contributed by atoms with E-state index < -0.39 is 0 Å². The summed E-state index contributed by atoms with van der Waals surface area (Å²) in [6.07, 6.45) is 2.40. The van der Waals surface area contributed by atoms with E-state index in [1.165, 1.54) is 39.0 Å². The summed E-state index contributed by atoms with van der Waals surface area (Å²) in [4.78, 5) is 5.13. The molecule has 1 N–H and O–H groups in total. The summed E-state index contributed by atoms with van der Waals surface area (Å²) in [5.74, 6) is 0. The van der Waals surface area contributed by atoms with Crippen LogP contribution in [0.25, 0.3) is 0 Å². The largest absolute Gasteiger partial charge is 0.380 e. The van der Waals surface area contributed by atoms with E-state index in [9.17, 15) is 0 Å². The smallest absolute Gasteiger partial charge is 0.0590 e. The molecule has 0 bridgehead atoms. The normalized spacial score (nSPS) is 21.9.